The summed E-state index contributed by atoms with van der Waals surface area (Å²) >= 11 is 3.37. The Morgan fingerprint density at radius 3 is 3.07 bits per heavy atom. The Balaban J connectivity index is 2.36. The fourth-order valence-corrected chi connectivity index (χ4v) is 1.30. The highest BCUT2D eigenvalue weighted by molar-refractivity contribution is 9.10. The molecule has 14 heavy (non-hydrogen) atoms. The summed E-state index contributed by atoms with van der Waals surface area (Å²) in [5, 5.41) is 3.75. The van der Waals surface area contributed by atoms with Crippen molar-refractivity contribution in [1.82, 2.24) is 0 Å². The maximum absolute atomic E-state index is 5.02. The van der Waals surface area contributed by atoms with Gasteiger partial charge in [0.15, 0.2) is 0 Å². The molecule has 0 unspecified atom stereocenters. The monoisotopic (exact) mass is 254 g/mol. The van der Waals surface area contributed by atoms with Crippen molar-refractivity contribution in [2.45, 2.75) is 19.8 Å². The minimum Gasteiger partial charge on any atom is -0.395 e. The quantitative estimate of drug-likeness (QED) is 0.448. The van der Waals surface area contributed by atoms with Crippen LogP contribution in [0.2, 0.25) is 0 Å². The van der Waals surface area contributed by atoms with E-state index in [-0.39, 0.29) is 0 Å². The summed E-state index contributed by atoms with van der Waals surface area (Å²) in [6.07, 6.45) is 4.97. The van der Waals surface area contributed by atoms with E-state index in [4.69, 9.17) is 4.84 Å². The highest BCUT2D eigenvalue weighted by Gasteiger charge is 1.90. The Labute approximate surface area is 93.1 Å². The highest BCUT2D eigenvalue weighted by Crippen LogP contribution is 2.09. The number of nitrogens with zero attached hydrogens (tertiary/aromatic N) is 1. The largest absolute Gasteiger partial charge is 0.395 e. The number of halogens is 1. The lowest BCUT2D eigenvalue weighted by molar-refractivity contribution is 0.143. The first-order chi connectivity index (χ1) is 6.83. The second-order valence-electron chi connectivity index (χ2n) is 2.90. The van der Waals surface area contributed by atoms with Gasteiger partial charge in [0.2, 0.25) is 0 Å². The van der Waals surface area contributed by atoms with Gasteiger partial charge < -0.3 is 4.84 Å². The van der Waals surface area contributed by atoms with Gasteiger partial charge in [-0.25, -0.2) is 0 Å². The number of benzene rings is 1. The minimum absolute atomic E-state index is 0.664. The molecule has 1 aromatic carbocycles. The number of hydrogen-bond acceptors (Lipinski definition) is 2. The van der Waals surface area contributed by atoms with Crippen molar-refractivity contribution >= 4 is 22.1 Å². The Kier molecular flexibility index (Phi) is 5.30. The predicted octanol–water partition coefficient (Wildman–Crippen LogP) is 3.48. The second-order valence-corrected chi connectivity index (χ2v) is 3.82. The summed E-state index contributed by atoms with van der Waals surface area (Å²) in [6, 6.07) is 7.77. The Morgan fingerprint density at radius 2 is 2.36 bits per heavy atom. The van der Waals surface area contributed by atoms with Crippen molar-refractivity contribution < 1.29 is 4.84 Å². The normalized spacial score (nSPS) is 10.7. The molecule has 1 aromatic rings. The van der Waals surface area contributed by atoms with Crippen LogP contribution in [0.3, 0.4) is 0 Å². The Morgan fingerprint density at radius 1 is 1.50 bits per heavy atom. The summed E-state index contributed by atoms with van der Waals surface area (Å²) in [7, 11) is 0. The number of rotatable bonds is 5. The minimum atomic E-state index is 0.664. The zero-order chi connectivity index (χ0) is 10.2. The van der Waals surface area contributed by atoms with Crippen molar-refractivity contribution in [3.8, 4) is 0 Å². The highest BCUT2D eigenvalue weighted by atomic mass is 79.9. The van der Waals surface area contributed by atoms with E-state index in [1.807, 2.05) is 24.3 Å². The van der Waals surface area contributed by atoms with Crippen molar-refractivity contribution in [2.24, 2.45) is 5.16 Å². The first-order valence-corrected chi connectivity index (χ1v) is 5.46. The van der Waals surface area contributed by atoms with Gasteiger partial charge in [-0.1, -0.05) is 46.6 Å². The zero-order valence-corrected chi connectivity index (χ0v) is 9.75. The van der Waals surface area contributed by atoms with Gasteiger partial charge in [-0.15, -0.1) is 0 Å². The molecule has 0 heterocycles. The van der Waals surface area contributed by atoms with E-state index >= 15 is 0 Å². The first-order valence-electron chi connectivity index (χ1n) is 4.66. The molecule has 3 heteroatoms. The van der Waals surface area contributed by atoms with Crippen LogP contribution in [0.4, 0.5) is 0 Å². The molecule has 0 amide bonds. The molecule has 0 aliphatic heterocycles. The molecule has 0 saturated heterocycles. The zero-order valence-electron chi connectivity index (χ0n) is 8.16. The van der Waals surface area contributed by atoms with Crippen molar-refractivity contribution in [3.05, 3.63) is 34.3 Å². The molecule has 75 valence electrons. The molecule has 0 aliphatic rings. The fraction of sp³-hybridized carbons (Fsp3) is 0.364. The van der Waals surface area contributed by atoms with E-state index in [0.717, 1.165) is 22.9 Å². The third kappa shape index (κ3) is 4.42. The summed E-state index contributed by atoms with van der Waals surface area (Å²) in [6.45, 7) is 2.78. The van der Waals surface area contributed by atoms with E-state index in [2.05, 4.69) is 34.2 Å². The molecule has 0 N–H and O–H groups in total. The molecule has 2 nitrogen and oxygen atoms in total. The van der Waals surface area contributed by atoms with Crippen LogP contribution in [0.1, 0.15) is 25.3 Å². The molecule has 1 radical (unpaired) electrons. The molecule has 0 saturated carbocycles. The molecular formula is C11H13BrNO. The fourth-order valence-electron chi connectivity index (χ4n) is 0.898. The molecule has 0 fully saturated rings. The third-order valence-corrected chi connectivity index (χ3v) is 2.15. The van der Waals surface area contributed by atoms with Crippen LogP contribution >= 0.6 is 15.9 Å². The Bertz CT molecular complexity index is 299. The van der Waals surface area contributed by atoms with Gasteiger partial charge in [0, 0.05) is 10.0 Å². The average Bonchev–Trinajstić information content (AvgIpc) is 2.18. The molecule has 0 atom stereocenters. The van der Waals surface area contributed by atoms with E-state index in [1.54, 1.807) is 0 Å². The van der Waals surface area contributed by atoms with Gasteiger partial charge in [-0.05, 0) is 18.6 Å². The van der Waals surface area contributed by atoms with E-state index in [9.17, 15) is 0 Å². The van der Waals surface area contributed by atoms with E-state index in [0.29, 0.717) is 6.61 Å². The SMILES string of the molecule is CCCCO/N=[C]\c1cccc(Br)c1. The van der Waals surface area contributed by atoms with Gasteiger partial charge in [0.25, 0.3) is 0 Å². The molecular weight excluding hydrogens is 242 g/mol. The van der Waals surface area contributed by atoms with Gasteiger partial charge in [-0.3, -0.25) is 0 Å². The maximum Gasteiger partial charge on any atom is 0.139 e. The molecule has 0 spiro atoms. The molecule has 0 aliphatic carbocycles. The van der Waals surface area contributed by atoms with Gasteiger partial charge in [-0.2, -0.15) is 0 Å². The lowest BCUT2D eigenvalue weighted by Crippen LogP contribution is -1.88. The number of unbranched alkanes of at least 4 members (excludes halogenated alkanes) is 1. The van der Waals surface area contributed by atoms with Crippen molar-refractivity contribution in [3.63, 3.8) is 0 Å². The van der Waals surface area contributed by atoms with Crippen LogP contribution in [0.5, 0.6) is 0 Å². The van der Waals surface area contributed by atoms with Gasteiger partial charge >= 0.3 is 0 Å². The molecule has 0 aromatic heterocycles. The maximum atomic E-state index is 5.02. The van der Waals surface area contributed by atoms with E-state index in [1.165, 1.54) is 0 Å². The third-order valence-electron chi connectivity index (χ3n) is 1.65. The van der Waals surface area contributed by atoms with Crippen LogP contribution in [0, 0.1) is 0 Å². The summed E-state index contributed by atoms with van der Waals surface area (Å²) < 4.78 is 1.02. The first kappa shape index (κ1) is 11.2. The average molecular weight is 255 g/mol. The smallest absolute Gasteiger partial charge is 0.139 e. The second kappa shape index (κ2) is 6.60. The van der Waals surface area contributed by atoms with Crippen LogP contribution in [-0.4, -0.2) is 12.8 Å². The number of hydrogen-bond donors (Lipinski definition) is 0. The summed E-state index contributed by atoms with van der Waals surface area (Å²) in [4.78, 5) is 5.02. The lowest BCUT2D eigenvalue weighted by atomic mass is 10.2. The predicted molar refractivity (Wildman–Crippen MR) is 61.5 cm³/mol. The Hall–Kier alpha value is -0.830. The van der Waals surface area contributed by atoms with Crippen LogP contribution in [0.15, 0.2) is 33.9 Å². The molecule has 1 rings (SSSR count). The van der Waals surface area contributed by atoms with Gasteiger partial charge in [0.05, 0.1) is 0 Å². The standard InChI is InChI=1S/C11H13BrNO/c1-2-3-7-14-13-9-10-5-4-6-11(12)8-10/h4-6,8H,2-3,7H2,1H3. The van der Waals surface area contributed by atoms with Crippen LogP contribution in [-0.2, 0) is 4.84 Å². The lowest BCUT2D eigenvalue weighted by Gasteiger charge is -1.95. The summed E-state index contributed by atoms with van der Waals surface area (Å²) in [5.41, 5.74) is 0.913. The van der Waals surface area contributed by atoms with Crippen LogP contribution < -0.4 is 0 Å². The van der Waals surface area contributed by atoms with Crippen molar-refractivity contribution in [2.75, 3.05) is 6.61 Å². The summed E-state index contributed by atoms with van der Waals surface area (Å²) in [5.74, 6) is 0. The van der Waals surface area contributed by atoms with Crippen molar-refractivity contribution in [1.29, 1.82) is 0 Å². The van der Waals surface area contributed by atoms with Crippen LogP contribution in [0.25, 0.3) is 0 Å². The van der Waals surface area contributed by atoms with Gasteiger partial charge in [0.1, 0.15) is 12.8 Å². The van der Waals surface area contributed by atoms with E-state index < -0.39 is 0 Å². The topological polar surface area (TPSA) is 21.6 Å². The molecule has 0 bridgehead atoms.